The van der Waals surface area contributed by atoms with E-state index in [0.717, 1.165) is 51.4 Å². The minimum absolute atomic E-state index is 0. The lowest BCUT2D eigenvalue weighted by Crippen LogP contribution is -2.53. The van der Waals surface area contributed by atoms with Crippen LogP contribution in [-0.4, -0.2) is 78.7 Å². The highest BCUT2D eigenvalue weighted by atomic mass is 16.6. The number of aliphatic hydroxyl groups excluding tert-OH is 2. The Morgan fingerprint density at radius 2 is 1.02 bits per heavy atom. The molecule has 10 fully saturated rings. The average Bonchev–Trinajstić information content (AvgIpc) is 3.70. The number of fused-ring (bicyclic) bond motifs is 2. The molecule has 10 aliphatic rings. The summed E-state index contributed by atoms with van der Waals surface area (Å²) < 4.78 is 12.0. The molecular formula is C38H52O12. The molecule has 10 rings (SSSR count). The maximum Gasteiger partial charge on any atom is 0.315 e. The predicted molar refractivity (Wildman–Crippen MR) is 175 cm³/mol. The van der Waals surface area contributed by atoms with Gasteiger partial charge < -0.3 is 40.9 Å². The van der Waals surface area contributed by atoms with Gasteiger partial charge in [0.15, 0.2) is 0 Å². The number of carboxylic acid groups (broad SMARTS) is 2. The quantitative estimate of drug-likeness (QED) is 0.243. The molecule has 16 atom stereocenters. The Hall–Kier alpha value is -2.80. The molecule has 12 nitrogen and oxygen atoms in total. The molecule has 8 bridgehead atoms. The van der Waals surface area contributed by atoms with E-state index in [1.54, 1.807) is 13.8 Å². The fraction of sp³-hybridized carbons (Fsp3) is 0.789. The number of aliphatic hydroxyl groups is 2. The highest BCUT2D eigenvalue weighted by Gasteiger charge is 2.84. The van der Waals surface area contributed by atoms with Gasteiger partial charge in [0.05, 0.1) is 34.9 Å². The Morgan fingerprint density at radius 1 is 0.660 bits per heavy atom. The van der Waals surface area contributed by atoms with Crippen LogP contribution in [0.25, 0.3) is 0 Å². The van der Waals surface area contributed by atoms with Crippen molar-refractivity contribution in [3.63, 3.8) is 0 Å². The number of ether oxygens (including phenoxy) is 2. The summed E-state index contributed by atoms with van der Waals surface area (Å²) in [5, 5.41) is 41.5. The lowest BCUT2D eigenvalue weighted by Gasteiger charge is -2.44. The van der Waals surface area contributed by atoms with Crippen molar-refractivity contribution in [2.75, 3.05) is 0 Å². The van der Waals surface area contributed by atoms with Crippen LogP contribution in [0.5, 0.6) is 0 Å². The average molecular weight is 701 g/mol. The fourth-order valence-corrected chi connectivity index (χ4v) is 15.3. The Kier molecular flexibility index (Phi) is 7.41. The van der Waals surface area contributed by atoms with Gasteiger partial charge in [-0.15, -0.1) is 0 Å². The van der Waals surface area contributed by atoms with Crippen LogP contribution in [0.15, 0.2) is 24.3 Å². The molecular weight excluding hydrogens is 648 g/mol. The molecule has 2 spiro atoms. The molecule has 0 amide bonds. The minimum Gasteiger partial charge on any atom is -0.481 e. The van der Waals surface area contributed by atoms with E-state index >= 15 is 0 Å². The molecule has 8 aliphatic carbocycles. The van der Waals surface area contributed by atoms with Crippen molar-refractivity contribution in [2.45, 2.75) is 114 Å². The number of allylic oxidation sites excluding steroid dienone is 2. The van der Waals surface area contributed by atoms with Crippen LogP contribution in [0.2, 0.25) is 0 Å². The van der Waals surface area contributed by atoms with E-state index in [4.69, 9.17) is 9.47 Å². The third-order valence-corrected chi connectivity index (χ3v) is 16.9. The molecule has 0 unspecified atom stereocenters. The van der Waals surface area contributed by atoms with Crippen LogP contribution < -0.4 is 0 Å². The van der Waals surface area contributed by atoms with Gasteiger partial charge in [-0.1, -0.05) is 24.3 Å². The van der Waals surface area contributed by atoms with Gasteiger partial charge >= 0.3 is 23.9 Å². The molecule has 2 aliphatic heterocycles. The topological polar surface area (TPSA) is 231 Å². The molecule has 2 saturated heterocycles. The second-order valence-corrected chi connectivity index (χ2v) is 18.1. The van der Waals surface area contributed by atoms with Crippen molar-refractivity contribution in [2.24, 2.45) is 69.0 Å². The lowest BCUT2D eigenvalue weighted by molar-refractivity contribution is -0.164. The number of esters is 2. The molecule has 0 aromatic heterocycles. The van der Waals surface area contributed by atoms with E-state index in [1.807, 2.05) is 0 Å². The van der Waals surface area contributed by atoms with Crippen LogP contribution in [0.1, 0.15) is 90.9 Å². The SMILES string of the molecule is C=C1C[C@]23C[C@H]1CC[C@H]2[C@@]12CC[C@H](O)[C@@](C)(C(=O)O1)[C@H]2[C@@H]3C(=O)O.C=C1C[C@]23C[C@H]1CC[C@H]2[C@@]12CC[C@H](O)[C@@](C)(C(=O)O1)[C@H]2[C@@H]3C(=O)O.O.O. The Labute approximate surface area is 291 Å². The van der Waals surface area contributed by atoms with Crippen molar-refractivity contribution in [3.8, 4) is 0 Å². The van der Waals surface area contributed by atoms with Gasteiger partial charge in [-0.05, 0) is 114 Å². The number of carbonyl (C=O) groups is 4. The monoisotopic (exact) mass is 700 g/mol. The van der Waals surface area contributed by atoms with Gasteiger partial charge in [-0.3, -0.25) is 19.2 Å². The molecule has 12 heteroatoms. The number of carboxylic acids is 2. The van der Waals surface area contributed by atoms with Crippen molar-refractivity contribution < 1.29 is 60.0 Å². The summed E-state index contributed by atoms with van der Waals surface area (Å²) in [6, 6.07) is 0. The minimum atomic E-state index is -1.09. The normalized spacial score (nSPS) is 55.2. The Balaban J connectivity index is 0.000000151. The number of hydrogen-bond acceptors (Lipinski definition) is 8. The van der Waals surface area contributed by atoms with E-state index < -0.39 is 81.8 Å². The second kappa shape index (κ2) is 10.4. The zero-order valence-electron chi connectivity index (χ0n) is 28.9. The molecule has 8 saturated carbocycles. The Morgan fingerprint density at radius 3 is 1.36 bits per heavy atom. The van der Waals surface area contributed by atoms with Gasteiger partial charge in [0, 0.05) is 23.7 Å². The third-order valence-electron chi connectivity index (χ3n) is 16.9. The summed E-state index contributed by atoms with van der Waals surface area (Å²) in [7, 11) is 0. The van der Waals surface area contributed by atoms with Crippen LogP contribution in [0, 0.1) is 69.0 Å². The molecule has 2 heterocycles. The standard InChI is InChI=1S/2C19H24O5.2H2O/c2*1-9-7-18-8-10(9)3-4-11(18)19-6-5-12(20)17(2,16(23)24-19)14(19)13(18)15(21)22;;/h2*10-14,20H,1,3-8H2,2H3,(H,21,22);2*1H2/t2*10-,11-,12+,13-,14-,17-,18+,19-;;/m11../s1. The highest BCUT2D eigenvalue weighted by Crippen LogP contribution is 2.79. The first-order valence-corrected chi connectivity index (χ1v) is 18.2. The van der Waals surface area contributed by atoms with Gasteiger partial charge in [0.25, 0.3) is 0 Å². The molecule has 0 aromatic rings. The smallest absolute Gasteiger partial charge is 0.315 e. The van der Waals surface area contributed by atoms with Gasteiger partial charge in [-0.25, -0.2) is 0 Å². The number of aliphatic carboxylic acids is 2. The first kappa shape index (κ1) is 35.6. The summed E-state index contributed by atoms with van der Waals surface area (Å²) in [4.78, 5) is 50.2. The van der Waals surface area contributed by atoms with Gasteiger partial charge in [0.1, 0.15) is 11.2 Å². The molecule has 8 N–H and O–H groups in total. The summed E-state index contributed by atoms with van der Waals surface area (Å²) in [6.45, 7) is 11.9. The molecule has 0 radical (unpaired) electrons. The van der Waals surface area contributed by atoms with Gasteiger partial charge in [-0.2, -0.15) is 0 Å². The largest absolute Gasteiger partial charge is 0.481 e. The fourth-order valence-electron chi connectivity index (χ4n) is 15.3. The van der Waals surface area contributed by atoms with E-state index in [-0.39, 0.29) is 33.6 Å². The number of rotatable bonds is 2. The van der Waals surface area contributed by atoms with E-state index in [0.29, 0.717) is 37.5 Å². The summed E-state index contributed by atoms with van der Waals surface area (Å²) >= 11 is 0. The van der Waals surface area contributed by atoms with Crippen molar-refractivity contribution in [3.05, 3.63) is 24.3 Å². The third kappa shape index (κ3) is 3.57. The van der Waals surface area contributed by atoms with Crippen molar-refractivity contribution in [1.29, 1.82) is 0 Å². The Bertz CT molecular complexity index is 1490. The van der Waals surface area contributed by atoms with Crippen LogP contribution in [0.4, 0.5) is 0 Å². The number of hydrogen-bond donors (Lipinski definition) is 4. The van der Waals surface area contributed by atoms with Crippen LogP contribution in [-0.2, 0) is 28.7 Å². The summed E-state index contributed by atoms with van der Waals surface area (Å²) in [5.41, 5.74) is -1.91. The zero-order chi connectivity index (χ0) is 34.1. The predicted octanol–water partition coefficient (Wildman–Crippen LogP) is 2.62. The van der Waals surface area contributed by atoms with Gasteiger partial charge in [0.2, 0.25) is 0 Å². The molecule has 50 heavy (non-hydrogen) atoms. The second-order valence-electron chi connectivity index (χ2n) is 18.1. The number of carbonyl (C=O) groups excluding carboxylic acids is 2. The van der Waals surface area contributed by atoms with Crippen LogP contribution in [0.3, 0.4) is 0 Å². The van der Waals surface area contributed by atoms with E-state index in [1.165, 1.54) is 11.1 Å². The maximum atomic E-state index is 12.7. The lowest BCUT2D eigenvalue weighted by atomic mass is 9.59. The first-order chi connectivity index (χ1) is 22.5. The first-order valence-electron chi connectivity index (χ1n) is 18.2. The van der Waals surface area contributed by atoms with Crippen molar-refractivity contribution >= 4 is 23.9 Å². The van der Waals surface area contributed by atoms with E-state index in [2.05, 4.69) is 13.2 Å². The zero-order valence-corrected chi connectivity index (χ0v) is 28.9. The summed E-state index contributed by atoms with van der Waals surface area (Å²) in [6.07, 6.45) is 7.62. The maximum absolute atomic E-state index is 12.7. The van der Waals surface area contributed by atoms with Crippen LogP contribution >= 0.6 is 0 Å². The summed E-state index contributed by atoms with van der Waals surface area (Å²) in [5.74, 6) is -3.56. The molecule has 0 aromatic carbocycles. The van der Waals surface area contributed by atoms with Crippen molar-refractivity contribution in [1.82, 2.24) is 0 Å². The highest BCUT2D eigenvalue weighted by molar-refractivity contribution is 5.86. The molecule has 276 valence electrons. The van der Waals surface area contributed by atoms with E-state index in [9.17, 15) is 39.6 Å².